The molecule has 0 aliphatic rings. The van der Waals surface area contributed by atoms with Crippen molar-refractivity contribution in [3.05, 3.63) is 47.5 Å². The number of methoxy groups -OCH3 is 2. The molecule has 0 unspecified atom stereocenters. The Labute approximate surface area is 153 Å². The highest BCUT2D eigenvalue weighted by Gasteiger charge is 2.19. The van der Waals surface area contributed by atoms with Gasteiger partial charge in [-0.3, -0.25) is 9.59 Å². The van der Waals surface area contributed by atoms with Crippen LogP contribution in [-0.4, -0.2) is 26.0 Å². The zero-order valence-electron chi connectivity index (χ0n) is 15.5. The van der Waals surface area contributed by atoms with Crippen LogP contribution >= 0.6 is 0 Å². The summed E-state index contributed by atoms with van der Waals surface area (Å²) in [4.78, 5) is 22.7. The number of benzene rings is 2. The van der Waals surface area contributed by atoms with Gasteiger partial charge in [-0.25, -0.2) is 0 Å². The van der Waals surface area contributed by atoms with Gasteiger partial charge in [-0.1, -0.05) is 24.3 Å². The normalized spacial score (nSPS) is 10.2. The molecule has 0 saturated carbocycles. The lowest BCUT2D eigenvalue weighted by Crippen LogP contribution is -2.21. The third-order valence-corrected chi connectivity index (χ3v) is 3.97. The lowest BCUT2D eigenvalue weighted by molar-refractivity contribution is -0.120. The van der Waals surface area contributed by atoms with Crippen molar-refractivity contribution in [1.29, 1.82) is 0 Å². The highest BCUT2D eigenvalue weighted by atomic mass is 16.5. The molecule has 0 saturated heterocycles. The van der Waals surface area contributed by atoms with Gasteiger partial charge in [0.15, 0.2) is 0 Å². The van der Waals surface area contributed by atoms with E-state index in [0.717, 1.165) is 22.3 Å². The molecule has 0 fully saturated rings. The summed E-state index contributed by atoms with van der Waals surface area (Å²) in [6.07, 6.45) is 0. The molecule has 26 heavy (non-hydrogen) atoms. The van der Waals surface area contributed by atoms with Crippen molar-refractivity contribution in [2.45, 2.75) is 26.9 Å². The molecule has 0 aliphatic heterocycles. The standard InChI is InChI=1S/C20H24N2O4/c1-13(23)21-11-15-7-5-9-17(25-3)19(15)20-16(12-22-14(2)24)8-6-10-18(20)26-4/h5-10H,11-12H2,1-4H3,(H,21,23)(H,22,24). The van der Waals surface area contributed by atoms with Gasteiger partial charge in [-0.05, 0) is 23.3 Å². The molecule has 0 spiro atoms. The van der Waals surface area contributed by atoms with Crippen LogP contribution in [0.2, 0.25) is 0 Å². The first-order valence-electron chi connectivity index (χ1n) is 8.29. The smallest absolute Gasteiger partial charge is 0.217 e. The van der Waals surface area contributed by atoms with Crippen LogP contribution in [0.4, 0.5) is 0 Å². The molecule has 2 aromatic carbocycles. The fraction of sp³-hybridized carbons (Fsp3) is 0.300. The summed E-state index contributed by atoms with van der Waals surface area (Å²) in [7, 11) is 3.20. The second kappa shape index (κ2) is 8.89. The van der Waals surface area contributed by atoms with Crippen molar-refractivity contribution < 1.29 is 19.1 Å². The lowest BCUT2D eigenvalue weighted by atomic mass is 9.93. The van der Waals surface area contributed by atoms with Gasteiger partial charge in [0.1, 0.15) is 11.5 Å². The van der Waals surface area contributed by atoms with Gasteiger partial charge >= 0.3 is 0 Å². The van der Waals surface area contributed by atoms with E-state index in [1.54, 1.807) is 14.2 Å². The van der Waals surface area contributed by atoms with Crippen molar-refractivity contribution in [3.63, 3.8) is 0 Å². The molecule has 6 nitrogen and oxygen atoms in total. The minimum absolute atomic E-state index is 0.114. The van der Waals surface area contributed by atoms with E-state index in [1.165, 1.54) is 13.8 Å². The van der Waals surface area contributed by atoms with E-state index in [4.69, 9.17) is 9.47 Å². The highest BCUT2D eigenvalue weighted by molar-refractivity contribution is 5.83. The SMILES string of the molecule is COc1cccc(CNC(C)=O)c1-c1c(CNC(C)=O)cccc1OC. The Hall–Kier alpha value is -3.02. The van der Waals surface area contributed by atoms with Crippen molar-refractivity contribution in [3.8, 4) is 22.6 Å². The summed E-state index contributed by atoms with van der Waals surface area (Å²) < 4.78 is 11.1. The maximum atomic E-state index is 11.4. The van der Waals surface area contributed by atoms with Crippen molar-refractivity contribution >= 4 is 11.8 Å². The number of hydrogen-bond acceptors (Lipinski definition) is 4. The van der Waals surface area contributed by atoms with Crippen LogP contribution in [0.1, 0.15) is 25.0 Å². The fourth-order valence-electron chi connectivity index (χ4n) is 2.79. The third-order valence-electron chi connectivity index (χ3n) is 3.97. The van der Waals surface area contributed by atoms with Gasteiger partial charge in [-0.15, -0.1) is 0 Å². The monoisotopic (exact) mass is 356 g/mol. The topological polar surface area (TPSA) is 76.7 Å². The molecule has 0 bridgehead atoms. The summed E-state index contributed by atoms with van der Waals surface area (Å²) in [5, 5.41) is 5.65. The number of amides is 2. The Bertz CT molecular complexity index is 735. The average Bonchev–Trinajstić information content (AvgIpc) is 2.63. The van der Waals surface area contributed by atoms with Gasteiger partial charge in [0.05, 0.1) is 14.2 Å². The van der Waals surface area contributed by atoms with E-state index in [0.29, 0.717) is 24.6 Å². The van der Waals surface area contributed by atoms with Crippen LogP contribution in [0, 0.1) is 0 Å². The van der Waals surface area contributed by atoms with Crippen LogP contribution in [0.25, 0.3) is 11.1 Å². The van der Waals surface area contributed by atoms with E-state index in [1.807, 2.05) is 36.4 Å². The van der Waals surface area contributed by atoms with E-state index in [9.17, 15) is 9.59 Å². The van der Waals surface area contributed by atoms with E-state index >= 15 is 0 Å². The number of ether oxygens (including phenoxy) is 2. The number of carbonyl (C=O) groups is 2. The van der Waals surface area contributed by atoms with Gasteiger partial charge in [0.2, 0.25) is 11.8 Å². The number of carbonyl (C=O) groups excluding carboxylic acids is 2. The Balaban J connectivity index is 2.64. The molecule has 2 amide bonds. The number of rotatable bonds is 7. The summed E-state index contributed by atoms with van der Waals surface area (Å²) in [6.45, 7) is 3.68. The Kier molecular flexibility index (Phi) is 6.60. The predicted molar refractivity (Wildman–Crippen MR) is 100 cm³/mol. The zero-order chi connectivity index (χ0) is 19.1. The molecule has 138 valence electrons. The van der Waals surface area contributed by atoms with Gasteiger partial charge in [0, 0.05) is 38.1 Å². The third kappa shape index (κ3) is 4.53. The van der Waals surface area contributed by atoms with Gasteiger partial charge < -0.3 is 20.1 Å². The van der Waals surface area contributed by atoms with Crippen LogP contribution in [0.3, 0.4) is 0 Å². The van der Waals surface area contributed by atoms with Crippen LogP contribution in [-0.2, 0) is 22.7 Å². The molecule has 0 radical (unpaired) electrons. The first-order chi connectivity index (χ1) is 12.5. The quantitative estimate of drug-likeness (QED) is 0.800. The first kappa shape index (κ1) is 19.3. The predicted octanol–water partition coefficient (Wildman–Crippen LogP) is 2.64. The minimum atomic E-state index is -0.114. The Morgan fingerprint density at radius 3 is 1.46 bits per heavy atom. The Morgan fingerprint density at radius 1 is 0.769 bits per heavy atom. The minimum Gasteiger partial charge on any atom is -0.496 e. The molecule has 2 rings (SSSR count). The maximum Gasteiger partial charge on any atom is 0.217 e. The second-order valence-electron chi connectivity index (χ2n) is 5.81. The molecule has 6 heteroatoms. The zero-order valence-corrected chi connectivity index (χ0v) is 15.5. The van der Waals surface area contributed by atoms with Crippen molar-refractivity contribution in [2.24, 2.45) is 0 Å². The number of hydrogen-bond donors (Lipinski definition) is 2. The summed E-state index contributed by atoms with van der Waals surface area (Å²) >= 11 is 0. The first-order valence-corrected chi connectivity index (χ1v) is 8.29. The van der Waals surface area contributed by atoms with Crippen molar-refractivity contribution in [1.82, 2.24) is 10.6 Å². The van der Waals surface area contributed by atoms with E-state index in [2.05, 4.69) is 10.6 Å². The molecule has 0 heterocycles. The number of nitrogens with one attached hydrogen (secondary N) is 2. The summed E-state index contributed by atoms with van der Waals surface area (Å²) in [6, 6.07) is 11.3. The summed E-state index contributed by atoms with van der Waals surface area (Å²) in [5.74, 6) is 1.11. The fourth-order valence-corrected chi connectivity index (χ4v) is 2.79. The molecule has 0 aromatic heterocycles. The average molecular weight is 356 g/mol. The highest BCUT2D eigenvalue weighted by Crippen LogP contribution is 2.41. The van der Waals surface area contributed by atoms with Crippen LogP contribution < -0.4 is 20.1 Å². The molecule has 2 N–H and O–H groups in total. The van der Waals surface area contributed by atoms with Crippen molar-refractivity contribution in [2.75, 3.05) is 14.2 Å². The molecule has 2 aromatic rings. The Morgan fingerprint density at radius 2 is 1.15 bits per heavy atom. The van der Waals surface area contributed by atoms with Crippen LogP contribution in [0.15, 0.2) is 36.4 Å². The van der Waals surface area contributed by atoms with Gasteiger partial charge in [0.25, 0.3) is 0 Å². The molecule has 0 atom stereocenters. The maximum absolute atomic E-state index is 11.4. The molecule has 0 aliphatic carbocycles. The van der Waals surface area contributed by atoms with E-state index < -0.39 is 0 Å². The van der Waals surface area contributed by atoms with E-state index in [-0.39, 0.29) is 11.8 Å². The van der Waals surface area contributed by atoms with Crippen LogP contribution in [0.5, 0.6) is 11.5 Å². The summed E-state index contributed by atoms with van der Waals surface area (Å²) in [5.41, 5.74) is 3.46. The van der Waals surface area contributed by atoms with Gasteiger partial charge in [-0.2, -0.15) is 0 Å². The second-order valence-corrected chi connectivity index (χ2v) is 5.81. The lowest BCUT2D eigenvalue weighted by Gasteiger charge is -2.20. The largest absolute Gasteiger partial charge is 0.496 e. The molecular formula is C20H24N2O4. The molecular weight excluding hydrogens is 332 g/mol.